The summed E-state index contributed by atoms with van der Waals surface area (Å²) in [5, 5.41) is 4.30. The Balaban J connectivity index is 1.27. The first-order valence-corrected chi connectivity index (χ1v) is 13.3. The summed E-state index contributed by atoms with van der Waals surface area (Å²) in [7, 11) is 0. The van der Waals surface area contributed by atoms with Crippen molar-refractivity contribution in [2.24, 2.45) is 0 Å². The standard InChI is InChI=1S/C33H27NO8/c35-30(39-20-22-9-3-1-4-10-22)18-17-28(34-33(38)40-21-23-11-5-2-6-12-23)32(37)41-24-15-16-26-25-13-7-8-14-27(25)31(36)42-29(26)19-24/h1-16,19,28H,17-18,20-21H2,(H,34,38)/t28-/m1/s1. The number of carbonyl (C=O) groups excluding carboxylic acids is 3. The Labute approximate surface area is 240 Å². The number of hydrogen-bond donors (Lipinski definition) is 1. The van der Waals surface area contributed by atoms with Gasteiger partial charge in [-0.25, -0.2) is 14.4 Å². The summed E-state index contributed by atoms with van der Waals surface area (Å²) in [6.07, 6.45) is -1.11. The van der Waals surface area contributed by atoms with Gasteiger partial charge in [-0.05, 0) is 41.1 Å². The number of amides is 1. The molecule has 0 radical (unpaired) electrons. The molecule has 42 heavy (non-hydrogen) atoms. The molecular formula is C33H27NO8. The Kier molecular flexibility index (Phi) is 8.88. The minimum absolute atomic E-state index is 0.00871. The van der Waals surface area contributed by atoms with Gasteiger partial charge in [0.2, 0.25) is 0 Å². The smallest absolute Gasteiger partial charge is 0.408 e. The van der Waals surface area contributed by atoms with Gasteiger partial charge in [0.1, 0.15) is 30.6 Å². The van der Waals surface area contributed by atoms with E-state index >= 15 is 0 Å². The molecule has 0 aliphatic rings. The van der Waals surface area contributed by atoms with Crippen LogP contribution in [0.15, 0.2) is 112 Å². The van der Waals surface area contributed by atoms with Gasteiger partial charge in [-0.1, -0.05) is 78.9 Å². The quantitative estimate of drug-likeness (QED) is 0.0995. The van der Waals surface area contributed by atoms with Crippen molar-refractivity contribution < 1.29 is 33.0 Å². The Bertz CT molecular complexity index is 1770. The van der Waals surface area contributed by atoms with Crippen molar-refractivity contribution in [1.82, 2.24) is 5.32 Å². The molecule has 0 fully saturated rings. The van der Waals surface area contributed by atoms with Crippen LogP contribution in [0.3, 0.4) is 0 Å². The number of hydrogen-bond acceptors (Lipinski definition) is 8. The summed E-state index contributed by atoms with van der Waals surface area (Å²) in [6, 6.07) is 28.7. The molecule has 0 spiro atoms. The van der Waals surface area contributed by atoms with Gasteiger partial charge in [-0.3, -0.25) is 4.79 Å². The monoisotopic (exact) mass is 565 g/mol. The van der Waals surface area contributed by atoms with Crippen molar-refractivity contribution in [2.45, 2.75) is 32.1 Å². The van der Waals surface area contributed by atoms with Crippen molar-refractivity contribution in [2.75, 3.05) is 0 Å². The molecule has 1 amide bonds. The zero-order valence-electron chi connectivity index (χ0n) is 22.5. The fourth-order valence-electron chi connectivity index (χ4n) is 4.34. The van der Waals surface area contributed by atoms with E-state index in [1.54, 1.807) is 42.5 Å². The summed E-state index contributed by atoms with van der Waals surface area (Å²) in [5.41, 5.74) is 1.30. The third-order valence-electron chi connectivity index (χ3n) is 6.48. The number of esters is 2. The molecule has 4 aromatic carbocycles. The molecule has 5 rings (SSSR count). The van der Waals surface area contributed by atoms with Crippen LogP contribution in [0.1, 0.15) is 24.0 Å². The Morgan fingerprint density at radius 2 is 1.33 bits per heavy atom. The lowest BCUT2D eigenvalue weighted by atomic mass is 10.1. The first-order valence-electron chi connectivity index (χ1n) is 13.3. The van der Waals surface area contributed by atoms with Crippen molar-refractivity contribution in [3.05, 3.63) is 125 Å². The Morgan fingerprint density at radius 1 is 0.714 bits per heavy atom. The van der Waals surface area contributed by atoms with Crippen molar-refractivity contribution in [3.63, 3.8) is 0 Å². The van der Waals surface area contributed by atoms with E-state index in [1.165, 1.54) is 6.07 Å². The van der Waals surface area contributed by atoms with Gasteiger partial charge >= 0.3 is 23.7 Å². The Morgan fingerprint density at radius 3 is 2.02 bits per heavy atom. The van der Waals surface area contributed by atoms with Crippen LogP contribution in [0.2, 0.25) is 0 Å². The highest BCUT2D eigenvalue weighted by Gasteiger charge is 2.25. The molecule has 0 aliphatic heterocycles. The third kappa shape index (κ3) is 7.19. The number of ether oxygens (including phenoxy) is 3. The first-order chi connectivity index (χ1) is 20.5. The van der Waals surface area contributed by atoms with Crippen LogP contribution in [0.25, 0.3) is 21.7 Å². The second kappa shape index (κ2) is 13.3. The van der Waals surface area contributed by atoms with Gasteiger partial charge in [0.05, 0.1) is 5.39 Å². The summed E-state index contributed by atoms with van der Waals surface area (Å²) < 4.78 is 21.5. The maximum Gasteiger partial charge on any atom is 0.408 e. The molecule has 212 valence electrons. The molecule has 0 saturated heterocycles. The van der Waals surface area contributed by atoms with Crippen LogP contribution in [-0.2, 0) is 32.3 Å². The normalized spacial score (nSPS) is 11.5. The molecule has 0 bridgehead atoms. The first kappa shape index (κ1) is 28.1. The number of alkyl carbamates (subject to hydrolysis) is 1. The van der Waals surface area contributed by atoms with E-state index in [9.17, 15) is 19.2 Å². The lowest BCUT2D eigenvalue weighted by molar-refractivity contribution is -0.145. The highest BCUT2D eigenvalue weighted by atomic mass is 16.6. The van der Waals surface area contributed by atoms with Crippen LogP contribution < -0.4 is 15.7 Å². The predicted molar refractivity (Wildman–Crippen MR) is 155 cm³/mol. The number of fused-ring (bicyclic) bond motifs is 3. The number of nitrogens with one attached hydrogen (secondary N) is 1. The van der Waals surface area contributed by atoms with Gasteiger partial charge < -0.3 is 23.9 Å². The number of carbonyl (C=O) groups is 3. The lowest BCUT2D eigenvalue weighted by Crippen LogP contribution is -2.43. The van der Waals surface area contributed by atoms with Crippen LogP contribution in [0, 0.1) is 0 Å². The van der Waals surface area contributed by atoms with Crippen LogP contribution in [-0.4, -0.2) is 24.1 Å². The van der Waals surface area contributed by atoms with Gasteiger partial charge in [-0.15, -0.1) is 0 Å². The van der Waals surface area contributed by atoms with E-state index in [0.29, 0.717) is 16.2 Å². The molecule has 9 heteroatoms. The molecule has 1 heterocycles. The van der Waals surface area contributed by atoms with Gasteiger partial charge in [0.25, 0.3) is 0 Å². The topological polar surface area (TPSA) is 121 Å². The fourth-order valence-corrected chi connectivity index (χ4v) is 4.34. The summed E-state index contributed by atoms with van der Waals surface area (Å²) in [5.74, 6) is -1.28. The molecule has 0 saturated carbocycles. The molecule has 1 aromatic heterocycles. The molecule has 9 nitrogen and oxygen atoms in total. The van der Waals surface area contributed by atoms with E-state index in [-0.39, 0.29) is 37.4 Å². The molecule has 0 unspecified atom stereocenters. The largest absolute Gasteiger partial charge is 0.461 e. The summed E-state index contributed by atoms with van der Waals surface area (Å²) >= 11 is 0. The van der Waals surface area contributed by atoms with Crippen molar-refractivity contribution >= 4 is 39.8 Å². The number of rotatable bonds is 10. The summed E-state index contributed by atoms with van der Waals surface area (Å²) in [6.45, 7) is 0.0729. The van der Waals surface area contributed by atoms with E-state index in [4.69, 9.17) is 18.6 Å². The lowest BCUT2D eigenvalue weighted by Gasteiger charge is -2.17. The van der Waals surface area contributed by atoms with E-state index in [1.807, 2.05) is 54.6 Å². The second-order valence-corrected chi connectivity index (χ2v) is 9.46. The maximum atomic E-state index is 13.2. The zero-order chi connectivity index (χ0) is 29.3. The number of benzene rings is 4. The maximum absolute atomic E-state index is 13.2. The minimum Gasteiger partial charge on any atom is -0.461 e. The van der Waals surface area contributed by atoms with Crippen LogP contribution in [0.5, 0.6) is 5.75 Å². The van der Waals surface area contributed by atoms with E-state index in [2.05, 4.69) is 5.32 Å². The summed E-state index contributed by atoms with van der Waals surface area (Å²) in [4.78, 5) is 50.6. The molecule has 1 N–H and O–H groups in total. The Hall–Kier alpha value is -5.44. The molecular weight excluding hydrogens is 538 g/mol. The van der Waals surface area contributed by atoms with Gasteiger partial charge in [0, 0.05) is 17.9 Å². The fraction of sp³-hybridized carbons (Fsp3) is 0.152. The van der Waals surface area contributed by atoms with Crippen molar-refractivity contribution in [1.29, 1.82) is 0 Å². The van der Waals surface area contributed by atoms with Gasteiger partial charge in [-0.2, -0.15) is 0 Å². The van der Waals surface area contributed by atoms with E-state index < -0.39 is 29.7 Å². The molecule has 5 aromatic rings. The van der Waals surface area contributed by atoms with Crippen LogP contribution >= 0.6 is 0 Å². The second-order valence-electron chi connectivity index (χ2n) is 9.46. The highest BCUT2D eigenvalue weighted by Crippen LogP contribution is 2.26. The van der Waals surface area contributed by atoms with Crippen LogP contribution in [0.4, 0.5) is 4.79 Å². The zero-order valence-corrected chi connectivity index (χ0v) is 22.5. The van der Waals surface area contributed by atoms with E-state index in [0.717, 1.165) is 11.1 Å². The van der Waals surface area contributed by atoms with Gasteiger partial charge in [0.15, 0.2) is 0 Å². The average molecular weight is 566 g/mol. The SMILES string of the molecule is O=C(CC[C@@H](NC(=O)OCc1ccccc1)C(=O)Oc1ccc2c(c1)oc(=O)c1ccccc12)OCc1ccccc1. The average Bonchev–Trinajstić information content (AvgIpc) is 3.02. The highest BCUT2D eigenvalue weighted by molar-refractivity contribution is 6.04. The minimum atomic E-state index is -1.23. The van der Waals surface area contributed by atoms with Crippen molar-refractivity contribution in [3.8, 4) is 5.75 Å². The third-order valence-corrected chi connectivity index (χ3v) is 6.48. The molecule has 0 aliphatic carbocycles. The molecule has 1 atom stereocenters. The predicted octanol–water partition coefficient (Wildman–Crippen LogP) is 5.67.